The molecule has 3 nitrogen and oxygen atoms in total. The molecule has 0 spiro atoms. The third kappa shape index (κ3) is 4.85. The molecule has 0 atom stereocenters. The number of hydrogen-bond acceptors (Lipinski definition) is 3. The van der Waals surface area contributed by atoms with Gasteiger partial charge in [0.1, 0.15) is 11.4 Å². The summed E-state index contributed by atoms with van der Waals surface area (Å²) in [5, 5.41) is 10.0. The number of hydrogen-bond donors (Lipinski definition) is 1. The van der Waals surface area contributed by atoms with Gasteiger partial charge in [-0.2, -0.15) is 13.2 Å². The Morgan fingerprint density at radius 3 is 2.25 bits per heavy atom. The van der Waals surface area contributed by atoms with Gasteiger partial charge in [0.25, 0.3) is 0 Å². The fraction of sp³-hybridized carbons (Fsp3) is 0.353. The van der Waals surface area contributed by atoms with E-state index >= 15 is 0 Å². The molecule has 1 aromatic carbocycles. The normalized spacial score (nSPS) is 11.4. The van der Waals surface area contributed by atoms with Crippen molar-refractivity contribution in [3.63, 3.8) is 0 Å². The Morgan fingerprint density at radius 1 is 1.08 bits per heavy atom. The number of rotatable bonds is 5. The Kier molecular flexibility index (Phi) is 7.05. The summed E-state index contributed by atoms with van der Waals surface area (Å²) < 4.78 is 37.7. The number of phenolic OH excluding ortho intramolecular Hbond substituents is 1. The van der Waals surface area contributed by atoms with Crippen molar-refractivity contribution in [3.05, 3.63) is 47.8 Å². The maximum atomic E-state index is 12.6. The molecule has 0 radical (unpaired) electrons. The summed E-state index contributed by atoms with van der Waals surface area (Å²) in [5.74, 6) is 0.0230. The molecule has 0 aliphatic carbocycles. The van der Waals surface area contributed by atoms with Gasteiger partial charge in [0, 0.05) is 23.9 Å². The van der Waals surface area contributed by atoms with Gasteiger partial charge in [-0.05, 0) is 36.9 Å². The third-order valence-electron chi connectivity index (χ3n) is 3.73. The number of benzene rings is 1. The number of aromatic nitrogens is 1. The van der Waals surface area contributed by atoms with Gasteiger partial charge in [0.2, 0.25) is 0 Å². The highest BCUT2D eigenvalue weighted by molar-refractivity contribution is 5.85. The molecule has 2 aromatic rings. The average molecular weight is 361 g/mol. The molecular weight excluding hydrogens is 341 g/mol. The lowest BCUT2D eigenvalue weighted by molar-refractivity contribution is -0.141. The molecule has 132 valence electrons. The smallest absolute Gasteiger partial charge is 0.433 e. The second-order valence-corrected chi connectivity index (χ2v) is 5.24. The van der Waals surface area contributed by atoms with Crippen molar-refractivity contribution in [2.75, 3.05) is 13.1 Å². The third-order valence-corrected chi connectivity index (χ3v) is 3.73. The van der Waals surface area contributed by atoms with Crippen LogP contribution >= 0.6 is 12.4 Å². The highest BCUT2D eigenvalue weighted by Crippen LogP contribution is 2.32. The van der Waals surface area contributed by atoms with Crippen LogP contribution in [0.5, 0.6) is 5.75 Å². The van der Waals surface area contributed by atoms with Gasteiger partial charge in [-0.15, -0.1) is 12.4 Å². The first-order chi connectivity index (χ1) is 10.8. The molecule has 0 fully saturated rings. The number of nitrogens with zero attached hydrogens (tertiary/aromatic N) is 2. The molecule has 0 aliphatic rings. The van der Waals surface area contributed by atoms with Crippen molar-refractivity contribution in [2.45, 2.75) is 26.6 Å². The molecule has 0 unspecified atom stereocenters. The van der Waals surface area contributed by atoms with Crippen LogP contribution in [0.25, 0.3) is 11.1 Å². The number of halogens is 4. The van der Waals surface area contributed by atoms with Crippen molar-refractivity contribution in [1.82, 2.24) is 9.88 Å². The largest absolute Gasteiger partial charge is 0.507 e. The van der Waals surface area contributed by atoms with Crippen LogP contribution in [0, 0.1) is 0 Å². The Bertz CT molecular complexity index is 656. The Morgan fingerprint density at radius 2 is 1.75 bits per heavy atom. The van der Waals surface area contributed by atoms with Crippen LogP contribution in [0.2, 0.25) is 0 Å². The SMILES string of the molecule is CCN(CC)Cc1ccc(O)c(-c2ccc(C(F)(F)F)nc2)c1.Cl. The van der Waals surface area contributed by atoms with Gasteiger partial charge in [-0.3, -0.25) is 9.88 Å². The van der Waals surface area contributed by atoms with Gasteiger partial charge in [0.15, 0.2) is 0 Å². The first-order valence-corrected chi connectivity index (χ1v) is 7.43. The molecule has 0 amide bonds. The zero-order valence-corrected chi connectivity index (χ0v) is 14.3. The van der Waals surface area contributed by atoms with Crippen LogP contribution in [-0.4, -0.2) is 28.1 Å². The van der Waals surface area contributed by atoms with E-state index < -0.39 is 11.9 Å². The summed E-state index contributed by atoms with van der Waals surface area (Å²) in [6, 6.07) is 7.41. The van der Waals surface area contributed by atoms with Gasteiger partial charge in [-0.25, -0.2) is 0 Å². The van der Waals surface area contributed by atoms with Crippen LogP contribution in [0.15, 0.2) is 36.5 Å². The fourth-order valence-electron chi connectivity index (χ4n) is 2.34. The molecule has 24 heavy (non-hydrogen) atoms. The van der Waals surface area contributed by atoms with Crippen LogP contribution in [0.1, 0.15) is 25.1 Å². The van der Waals surface area contributed by atoms with Crippen LogP contribution < -0.4 is 0 Å². The van der Waals surface area contributed by atoms with Crippen molar-refractivity contribution >= 4 is 12.4 Å². The molecule has 7 heteroatoms. The van der Waals surface area contributed by atoms with Crippen molar-refractivity contribution < 1.29 is 18.3 Å². The summed E-state index contributed by atoms with van der Waals surface area (Å²) in [7, 11) is 0. The molecule has 0 bridgehead atoms. The summed E-state index contributed by atoms with van der Waals surface area (Å²) in [6.07, 6.45) is -3.33. The standard InChI is InChI=1S/C17H19F3N2O.ClH/c1-3-22(4-2)11-12-5-7-15(23)14(9-12)13-6-8-16(21-10-13)17(18,19)20;/h5-10,23H,3-4,11H2,1-2H3;1H. The van der Waals surface area contributed by atoms with E-state index in [9.17, 15) is 18.3 Å². The molecule has 2 rings (SSSR count). The van der Waals surface area contributed by atoms with E-state index in [0.29, 0.717) is 17.7 Å². The monoisotopic (exact) mass is 360 g/mol. The van der Waals surface area contributed by atoms with Gasteiger partial charge in [-0.1, -0.05) is 26.0 Å². The Hall–Kier alpha value is -1.79. The van der Waals surface area contributed by atoms with Crippen LogP contribution in [0.3, 0.4) is 0 Å². The minimum Gasteiger partial charge on any atom is -0.507 e. The van der Waals surface area contributed by atoms with Gasteiger partial charge in [0.05, 0.1) is 0 Å². The molecule has 0 aliphatic heterocycles. The quantitative estimate of drug-likeness (QED) is 0.836. The second kappa shape index (κ2) is 8.35. The van der Waals surface area contributed by atoms with Crippen LogP contribution in [-0.2, 0) is 12.7 Å². The fourth-order valence-corrected chi connectivity index (χ4v) is 2.34. The minimum absolute atomic E-state index is 0. The lowest BCUT2D eigenvalue weighted by Crippen LogP contribution is -2.22. The maximum absolute atomic E-state index is 12.6. The lowest BCUT2D eigenvalue weighted by Gasteiger charge is -2.18. The van der Waals surface area contributed by atoms with E-state index in [1.165, 1.54) is 6.07 Å². The first-order valence-electron chi connectivity index (χ1n) is 7.43. The molecule has 0 saturated carbocycles. The molecule has 1 N–H and O–H groups in total. The van der Waals surface area contributed by atoms with E-state index in [1.54, 1.807) is 12.1 Å². The summed E-state index contributed by atoms with van der Waals surface area (Å²) in [5.41, 5.74) is 0.981. The Labute approximate surface area is 145 Å². The van der Waals surface area contributed by atoms with E-state index in [0.717, 1.165) is 30.9 Å². The number of alkyl halides is 3. The van der Waals surface area contributed by atoms with Crippen molar-refractivity contribution in [2.24, 2.45) is 0 Å². The highest BCUT2D eigenvalue weighted by atomic mass is 35.5. The molecule has 1 aromatic heterocycles. The summed E-state index contributed by atoms with van der Waals surface area (Å²) >= 11 is 0. The van der Waals surface area contributed by atoms with Gasteiger partial charge >= 0.3 is 6.18 Å². The molecular formula is C17H20ClF3N2O. The summed E-state index contributed by atoms with van der Waals surface area (Å²) in [6.45, 7) is 6.63. The predicted octanol–water partition coefficient (Wildman–Crippen LogP) is 4.74. The lowest BCUT2D eigenvalue weighted by atomic mass is 10.0. The highest BCUT2D eigenvalue weighted by Gasteiger charge is 2.32. The van der Waals surface area contributed by atoms with Crippen molar-refractivity contribution in [1.29, 1.82) is 0 Å². The first kappa shape index (κ1) is 20.3. The van der Waals surface area contributed by atoms with Crippen LogP contribution in [0.4, 0.5) is 13.2 Å². The van der Waals surface area contributed by atoms with Crippen molar-refractivity contribution in [3.8, 4) is 16.9 Å². The van der Waals surface area contributed by atoms with Gasteiger partial charge < -0.3 is 5.11 Å². The number of pyridine rings is 1. The molecule has 1 heterocycles. The Balaban J connectivity index is 0.00000288. The molecule has 0 saturated heterocycles. The predicted molar refractivity (Wildman–Crippen MR) is 90.2 cm³/mol. The van der Waals surface area contributed by atoms with E-state index in [-0.39, 0.29) is 18.2 Å². The minimum atomic E-state index is -4.47. The average Bonchev–Trinajstić information content (AvgIpc) is 2.53. The maximum Gasteiger partial charge on any atom is 0.433 e. The topological polar surface area (TPSA) is 36.4 Å². The number of phenols is 1. The van der Waals surface area contributed by atoms with E-state index in [1.807, 2.05) is 6.07 Å². The summed E-state index contributed by atoms with van der Waals surface area (Å²) in [4.78, 5) is 5.65. The number of aromatic hydroxyl groups is 1. The zero-order chi connectivity index (χ0) is 17.0. The van der Waals surface area contributed by atoms with E-state index in [4.69, 9.17) is 0 Å². The zero-order valence-electron chi connectivity index (χ0n) is 13.5. The van der Waals surface area contributed by atoms with E-state index in [2.05, 4.69) is 23.7 Å². The second-order valence-electron chi connectivity index (χ2n) is 5.24.